The van der Waals surface area contributed by atoms with Gasteiger partial charge in [-0.15, -0.1) is 0 Å². The highest BCUT2D eigenvalue weighted by molar-refractivity contribution is 8.10. The first-order valence-corrected chi connectivity index (χ1v) is 15.5. The number of aliphatic hydroxyl groups excluding tert-OH is 1. The Bertz CT molecular complexity index is 1440. The number of carbonyl (C=O) groups is 2. The summed E-state index contributed by atoms with van der Waals surface area (Å²) in [5.74, 6) is -6.55. The Morgan fingerprint density at radius 1 is 1.26 bits per heavy atom. The minimum atomic E-state index is -4.43. The third kappa shape index (κ3) is 7.50. The second-order valence-electron chi connectivity index (χ2n) is 10.1. The summed E-state index contributed by atoms with van der Waals surface area (Å²) in [5, 5.41) is 15.6. The van der Waals surface area contributed by atoms with Crippen molar-refractivity contribution in [2.24, 2.45) is 0 Å². The van der Waals surface area contributed by atoms with E-state index in [1.807, 2.05) is 0 Å². The van der Waals surface area contributed by atoms with Crippen LogP contribution in [-0.4, -0.2) is 92.0 Å². The predicted octanol–water partition coefficient (Wildman–Crippen LogP) is 0.943. The first-order chi connectivity index (χ1) is 19.8. The predicted molar refractivity (Wildman–Crippen MR) is 146 cm³/mol. The van der Waals surface area contributed by atoms with E-state index in [-0.39, 0.29) is 0 Å². The molecule has 6 N–H and O–H groups in total. The lowest BCUT2D eigenvalue weighted by Gasteiger charge is -2.34. The second-order valence-corrected chi connectivity index (χ2v) is 13.6. The molecule has 3 heterocycles. The van der Waals surface area contributed by atoms with Gasteiger partial charge < -0.3 is 29.6 Å². The first-order valence-electron chi connectivity index (χ1n) is 12.7. The van der Waals surface area contributed by atoms with E-state index in [9.17, 15) is 28.3 Å². The number of esters is 2. The number of hydrogen-bond acceptors (Lipinski definition) is 12. The number of aromatic nitrogens is 4. The molecule has 2 aromatic rings. The Labute approximate surface area is 247 Å². The van der Waals surface area contributed by atoms with Gasteiger partial charge in [0.15, 0.2) is 29.4 Å². The van der Waals surface area contributed by atoms with Gasteiger partial charge in [-0.25, -0.2) is 23.9 Å². The number of hydrogen-bond donors (Lipinski definition) is 5. The Morgan fingerprint density at radius 2 is 1.88 bits per heavy atom. The molecule has 2 aromatic heterocycles. The van der Waals surface area contributed by atoms with Gasteiger partial charge in [0.05, 0.1) is 25.1 Å². The van der Waals surface area contributed by atoms with E-state index in [0.29, 0.717) is 10.9 Å². The van der Waals surface area contributed by atoms with Crippen LogP contribution in [0.2, 0.25) is 0 Å². The molecule has 0 saturated carbocycles. The Morgan fingerprint density at radius 3 is 2.47 bits per heavy atom. The van der Waals surface area contributed by atoms with Crippen LogP contribution < -0.4 is 21.5 Å². The van der Waals surface area contributed by atoms with Crippen molar-refractivity contribution in [3.8, 4) is 0 Å². The molecule has 15 nitrogen and oxygen atoms in total. The van der Waals surface area contributed by atoms with Crippen LogP contribution in [0.3, 0.4) is 0 Å². The van der Waals surface area contributed by atoms with Gasteiger partial charge in [-0.05, 0) is 46.4 Å². The molecule has 21 heteroatoms. The fourth-order valence-electron chi connectivity index (χ4n) is 3.95. The highest BCUT2D eigenvalue weighted by Crippen LogP contribution is 2.52. The van der Waals surface area contributed by atoms with E-state index in [0.717, 1.165) is 0 Å². The fourth-order valence-corrected chi connectivity index (χ4v) is 6.37. The first kappa shape index (κ1) is 34.7. The van der Waals surface area contributed by atoms with E-state index in [1.165, 1.54) is 6.92 Å². The molecular weight excluding hydrogens is 629 g/mol. The molecule has 5 atom stereocenters. The largest absolute Gasteiger partial charge is 0.462 e. The summed E-state index contributed by atoms with van der Waals surface area (Å²) < 4.78 is 81.3. The van der Waals surface area contributed by atoms with Crippen LogP contribution in [0, 0.1) is 0 Å². The maximum atomic E-state index is 15.5. The molecular formula is C22H32F4N7O8PS. The lowest BCUT2D eigenvalue weighted by atomic mass is 9.96. The van der Waals surface area contributed by atoms with Crippen molar-refractivity contribution in [1.82, 2.24) is 29.7 Å². The molecule has 1 fully saturated rings. The molecule has 0 spiro atoms. The smallest absolute Gasteiger partial charge is 0.323 e. The Hall–Kier alpha value is -2.74. The lowest BCUT2D eigenvalue weighted by molar-refractivity contribution is -0.190. The van der Waals surface area contributed by atoms with Gasteiger partial charge in [0.1, 0.15) is 12.6 Å². The number of aliphatic hydroxyl groups is 1. The number of nitrogens with two attached hydrogens (primary N) is 1. The molecule has 0 bridgehead atoms. The topological polar surface area (TPSA) is 205 Å². The zero-order valence-corrected chi connectivity index (χ0v) is 25.3. The van der Waals surface area contributed by atoms with Gasteiger partial charge in [-0.2, -0.15) is 13.8 Å². The quantitative estimate of drug-likeness (QED) is 0.115. The number of ether oxygens (including phenoxy) is 3. The van der Waals surface area contributed by atoms with Crippen molar-refractivity contribution in [2.45, 2.75) is 83.1 Å². The molecule has 0 radical (unpaired) electrons. The van der Waals surface area contributed by atoms with Crippen molar-refractivity contribution >= 4 is 47.4 Å². The molecule has 242 valence electrons. The number of carbonyl (C=O) groups excluding carboxylic acids is 2. The maximum absolute atomic E-state index is 15.5. The Kier molecular flexibility index (Phi) is 10.6. The Balaban J connectivity index is 1.95. The normalized spacial score (nSPS) is 24.0. The number of halogens is 4. The van der Waals surface area contributed by atoms with Gasteiger partial charge in [0.2, 0.25) is 12.2 Å². The van der Waals surface area contributed by atoms with Gasteiger partial charge in [-0.1, -0.05) is 0 Å². The van der Waals surface area contributed by atoms with E-state index in [2.05, 4.69) is 25.1 Å². The minimum Gasteiger partial charge on any atom is -0.462 e. The number of aromatic amines is 1. The third-order valence-corrected chi connectivity index (χ3v) is 8.71. The molecule has 1 aliphatic heterocycles. The summed E-state index contributed by atoms with van der Waals surface area (Å²) in [7, 11) is 0. The summed E-state index contributed by atoms with van der Waals surface area (Å²) >= 11 is 5.41. The zero-order chi connectivity index (χ0) is 32.5. The molecule has 0 aromatic carbocycles. The lowest BCUT2D eigenvalue weighted by Crippen LogP contribution is -2.54. The fraction of sp³-hybridized carbons (Fsp3) is 0.682. The van der Waals surface area contributed by atoms with Gasteiger partial charge in [0, 0.05) is 0 Å². The number of nitrogen functional groups attached to an aromatic ring is 1. The molecule has 0 amide bonds. The number of nitrogens with zero attached hydrogens (tertiary/aromatic N) is 3. The number of rotatable bonds is 13. The molecule has 1 aliphatic rings. The van der Waals surface area contributed by atoms with E-state index < -0.39 is 103 Å². The summed E-state index contributed by atoms with van der Waals surface area (Å²) in [6, 6.07) is -1.22. The van der Waals surface area contributed by atoms with Crippen LogP contribution in [0.25, 0.3) is 11.2 Å². The summed E-state index contributed by atoms with van der Waals surface area (Å²) in [6.07, 6.45) is -10.0. The van der Waals surface area contributed by atoms with Gasteiger partial charge >= 0.3 is 17.9 Å². The molecule has 1 saturated heterocycles. The van der Waals surface area contributed by atoms with E-state index in [4.69, 9.17) is 36.3 Å². The SMILES string of the molecule is CC(C)OC(=O)CNP(=S)(NC(C)C(=O)OC(C)C)OCC1(C(F)F)OC(n2cnc3c(=O)[nH]c(N)nc32)C(F)(F)C1O. The van der Waals surface area contributed by atoms with E-state index >= 15 is 8.78 Å². The molecule has 0 aliphatic carbocycles. The standard InChI is InChI=1S/C22H32F4N7O8PS/c1-9(2)39-12(34)6-29-42(43,32-11(5)16(36)40-10(3)4)38-7-21(18(23)24)17(37)22(25,26)19(41-21)33-8-28-13-14(33)30-20(27)31-15(13)35/h8-11,17-19,37H,6-7H2,1-5H3,(H2,29,32,43)(H3,27,30,31,35). The average molecular weight is 662 g/mol. The maximum Gasteiger partial charge on any atom is 0.323 e. The highest BCUT2D eigenvalue weighted by atomic mass is 32.4. The number of H-pyrrole nitrogens is 1. The number of anilines is 1. The summed E-state index contributed by atoms with van der Waals surface area (Å²) in [5.41, 5.74) is 0.205. The third-order valence-electron chi connectivity index (χ3n) is 5.90. The minimum absolute atomic E-state index is 0.451. The van der Waals surface area contributed by atoms with Crippen molar-refractivity contribution in [3.63, 3.8) is 0 Å². The van der Waals surface area contributed by atoms with Crippen molar-refractivity contribution in [2.75, 3.05) is 18.9 Å². The van der Waals surface area contributed by atoms with Crippen LogP contribution in [0.5, 0.6) is 0 Å². The van der Waals surface area contributed by atoms with Crippen molar-refractivity contribution in [3.05, 3.63) is 16.7 Å². The van der Waals surface area contributed by atoms with Crippen LogP contribution >= 0.6 is 6.57 Å². The van der Waals surface area contributed by atoms with Crippen LogP contribution in [0.4, 0.5) is 23.5 Å². The van der Waals surface area contributed by atoms with Crippen molar-refractivity contribution < 1.29 is 51.0 Å². The van der Waals surface area contributed by atoms with E-state index in [1.54, 1.807) is 27.7 Å². The zero-order valence-electron chi connectivity index (χ0n) is 23.5. The number of nitrogens with one attached hydrogen (secondary N) is 3. The monoisotopic (exact) mass is 661 g/mol. The highest BCUT2D eigenvalue weighted by Gasteiger charge is 2.71. The van der Waals surface area contributed by atoms with Crippen LogP contribution in [0.1, 0.15) is 40.8 Å². The molecule has 5 unspecified atom stereocenters. The van der Waals surface area contributed by atoms with Gasteiger partial charge in [-0.3, -0.25) is 23.9 Å². The van der Waals surface area contributed by atoms with Gasteiger partial charge in [0.25, 0.3) is 12.0 Å². The molecule has 3 rings (SSSR count). The van der Waals surface area contributed by atoms with Crippen LogP contribution in [-0.2, 0) is 40.1 Å². The van der Waals surface area contributed by atoms with Crippen LogP contribution in [0.15, 0.2) is 11.1 Å². The number of alkyl halides is 4. The summed E-state index contributed by atoms with van der Waals surface area (Å²) in [6.45, 7) is 1.57. The number of imidazole rings is 1. The van der Waals surface area contributed by atoms with Crippen molar-refractivity contribution in [1.29, 1.82) is 0 Å². The number of fused-ring (bicyclic) bond motifs is 1. The second kappa shape index (κ2) is 13.1. The molecule has 43 heavy (non-hydrogen) atoms. The average Bonchev–Trinajstić information content (AvgIpc) is 3.38. The summed E-state index contributed by atoms with van der Waals surface area (Å²) in [4.78, 5) is 46.2.